The van der Waals surface area contributed by atoms with Gasteiger partial charge < -0.3 is 24.6 Å². The lowest BCUT2D eigenvalue weighted by molar-refractivity contribution is -0.274. The number of methoxy groups -OCH3 is 1. The molecular formula is C17H22F3NO4. The highest BCUT2D eigenvalue weighted by Gasteiger charge is 2.51. The Kier molecular flexibility index (Phi) is 4.87. The van der Waals surface area contributed by atoms with Gasteiger partial charge in [0.05, 0.1) is 12.2 Å². The first-order valence-electron chi connectivity index (χ1n) is 8.25. The van der Waals surface area contributed by atoms with Crippen molar-refractivity contribution in [3.63, 3.8) is 0 Å². The summed E-state index contributed by atoms with van der Waals surface area (Å²) in [6.45, 7) is 0.590. The van der Waals surface area contributed by atoms with E-state index >= 15 is 0 Å². The molecule has 5 nitrogen and oxygen atoms in total. The van der Waals surface area contributed by atoms with Gasteiger partial charge in [-0.2, -0.15) is 0 Å². The van der Waals surface area contributed by atoms with Crippen LogP contribution < -0.4 is 9.64 Å². The highest BCUT2D eigenvalue weighted by molar-refractivity contribution is 5.51. The molecule has 4 unspecified atom stereocenters. The molecule has 2 aliphatic rings. The summed E-state index contributed by atoms with van der Waals surface area (Å²) < 4.78 is 45.9. The Balaban J connectivity index is 1.72. The van der Waals surface area contributed by atoms with Gasteiger partial charge in [-0.3, -0.25) is 0 Å². The number of rotatable bonds is 3. The van der Waals surface area contributed by atoms with Gasteiger partial charge in [0.1, 0.15) is 12.0 Å². The molecule has 3 rings (SSSR count). The molecule has 0 radical (unpaired) electrons. The topological polar surface area (TPSA) is 62.2 Å². The molecule has 1 spiro atoms. The quantitative estimate of drug-likeness (QED) is 0.867. The predicted molar refractivity (Wildman–Crippen MR) is 84.2 cm³/mol. The summed E-state index contributed by atoms with van der Waals surface area (Å²) in [6, 6.07) is 5.50. The van der Waals surface area contributed by atoms with E-state index in [-0.39, 0.29) is 17.3 Å². The van der Waals surface area contributed by atoms with Crippen molar-refractivity contribution in [1.82, 2.24) is 0 Å². The zero-order valence-electron chi connectivity index (χ0n) is 13.9. The molecule has 1 aliphatic carbocycles. The van der Waals surface area contributed by atoms with Gasteiger partial charge in [0.15, 0.2) is 0 Å². The molecule has 4 atom stereocenters. The number of halogens is 3. The van der Waals surface area contributed by atoms with E-state index < -0.39 is 18.7 Å². The summed E-state index contributed by atoms with van der Waals surface area (Å²) in [5.41, 5.74) is 0.264. The van der Waals surface area contributed by atoms with E-state index in [1.807, 2.05) is 0 Å². The fraction of sp³-hybridized carbons (Fsp3) is 0.647. The van der Waals surface area contributed by atoms with Crippen molar-refractivity contribution in [2.24, 2.45) is 5.41 Å². The summed E-state index contributed by atoms with van der Waals surface area (Å²) in [6.07, 6.45) is -3.81. The molecule has 1 heterocycles. The minimum absolute atomic E-state index is 0.292. The van der Waals surface area contributed by atoms with Gasteiger partial charge in [-0.1, -0.05) is 0 Å². The molecule has 1 saturated heterocycles. The second kappa shape index (κ2) is 6.66. The standard InChI is InChI=1S/C17H22F3NO4/c1-24-14-10-16(7-6-13(14)22)8-9-21(15(16)23)11-2-4-12(5-3-11)25-17(18,19)20/h2-5,13-15,22-23H,6-10H2,1H3. The first-order chi connectivity index (χ1) is 11.7. The predicted octanol–water partition coefficient (Wildman–Crippen LogP) is 2.66. The number of benzene rings is 1. The molecule has 140 valence electrons. The highest BCUT2D eigenvalue weighted by Crippen LogP contribution is 2.49. The van der Waals surface area contributed by atoms with Crippen LogP contribution in [0.2, 0.25) is 0 Å². The van der Waals surface area contributed by atoms with Crippen molar-refractivity contribution in [2.75, 3.05) is 18.6 Å². The van der Waals surface area contributed by atoms with Crippen molar-refractivity contribution in [2.45, 2.75) is 50.5 Å². The molecular weight excluding hydrogens is 339 g/mol. The lowest BCUT2D eigenvalue weighted by Crippen LogP contribution is -2.48. The number of nitrogens with zero attached hydrogens (tertiary/aromatic N) is 1. The monoisotopic (exact) mass is 361 g/mol. The minimum atomic E-state index is -4.73. The summed E-state index contributed by atoms with van der Waals surface area (Å²) in [4.78, 5) is 1.78. The number of aliphatic hydroxyl groups excluding tert-OH is 2. The first-order valence-corrected chi connectivity index (χ1v) is 8.25. The van der Waals surface area contributed by atoms with Crippen LogP contribution in [0.15, 0.2) is 24.3 Å². The average Bonchev–Trinajstić information content (AvgIpc) is 2.86. The molecule has 1 saturated carbocycles. The smallest absolute Gasteiger partial charge is 0.406 e. The highest BCUT2D eigenvalue weighted by atomic mass is 19.4. The first kappa shape index (κ1) is 18.3. The molecule has 0 amide bonds. The second-order valence-electron chi connectivity index (χ2n) is 6.81. The van der Waals surface area contributed by atoms with E-state index in [0.717, 1.165) is 6.42 Å². The summed E-state index contributed by atoms with van der Waals surface area (Å²) in [5, 5.41) is 20.8. The number of ether oxygens (including phenoxy) is 2. The van der Waals surface area contributed by atoms with E-state index in [2.05, 4.69) is 4.74 Å². The maximum atomic E-state index is 12.2. The Labute approximate surface area is 144 Å². The fourth-order valence-electron chi connectivity index (χ4n) is 4.00. The van der Waals surface area contributed by atoms with Crippen LogP contribution >= 0.6 is 0 Å². The Bertz CT molecular complexity index is 595. The van der Waals surface area contributed by atoms with Crippen LogP contribution in [0.3, 0.4) is 0 Å². The second-order valence-corrected chi connectivity index (χ2v) is 6.81. The van der Waals surface area contributed by atoms with Crippen molar-refractivity contribution < 1.29 is 32.9 Å². The Morgan fingerprint density at radius 2 is 1.84 bits per heavy atom. The Morgan fingerprint density at radius 3 is 2.44 bits per heavy atom. The molecule has 1 aromatic rings. The third kappa shape index (κ3) is 3.70. The molecule has 0 bridgehead atoms. The molecule has 25 heavy (non-hydrogen) atoms. The number of alkyl halides is 3. The van der Waals surface area contributed by atoms with Gasteiger partial charge in [-0.25, -0.2) is 0 Å². The van der Waals surface area contributed by atoms with Crippen molar-refractivity contribution >= 4 is 5.69 Å². The zero-order chi connectivity index (χ0) is 18.2. The van der Waals surface area contributed by atoms with Crippen LogP contribution in [-0.4, -0.2) is 48.7 Å². The van der Waals surface area contributed by atoms with E-state index in [1.54, 1.807) is 12.0 Å². The maximum Gasteiger partial charge on any atom is 0.573 e. The largest absolute Gasteiger partial charge is 0.573 e. The average molecular weight is 361 g/mol. The van der Waals surface area contributed by atoms with E-state index in [4.69, 9.17) is 4.74 Å². The van der Waals surface area contributed by atoms with Crippen LogP contribution in [0, 0.1) is 5.41 Å². The van der Waals surface area contributed by atoms with Crippen LogP contribution in [0.1, 0.15) is 25.7 Å². The molecule has 2 fully saturated rings. The van der Waals surface area contributed by atoms with Crippen LogP contribution in [0.25, 0.3) is 0 Å². The van der Waals surface area contributed by atoms with Crippen LogP contribution in [-0.2, 0) is 4.74 Å². The van der Waals surface area contributed by atoms with Gasteiger partial charge in [-0.15, -0.1) is 13.2 Å². The van der Waals surface area contributed by atoms with Gasteiger partial charge >= 0.3 is 6.36 Å². The summed E-state index contributed by atoms with van der Waals surface area (Å²) >= 11 is 0. The molecule has 0 aromatic heterocycles. The summed E-state index contributed by atoms with van der Waals surface area (Å²) in [7, 11) is 1.55. The molecule has 1 aromatic carbocycles. The third-order valence-electron chi connectivity index (χ3n) is 5.37. The van der Waals surface area contributed by atoms with Crippen molar-refractivity contribution in [1.29, 1.82) is 0 Å². The maximum absolute atomic E-state index is 12.2. The SMILES string of the molecule is COC1CC2(CCC1O)CCN(c1ccc(OC(F)(F)F)cc1)C2O. The van der Waals surface area contributed by atoms with Gasteiger partial charge in [0.2, 0.25) is 0 Å². The Hall–Kier alpha value is -1.51. The lowest BCUT2D eigenvalue weighted by atomic mass is 9.70. The zero-order valence-corrected chi connectivity index (χ0v) is 13.9. The van der Waals surface area contributed by atoms with Gasteiger partial charge in [-0.05, 0) is 49.9 Å². The molecule has 8 heteroatoms. The number of hydrogen-bond acceptors (Lipinski definition) is 5. The third-order valence-corrected chi connectivity index (χ3v) is 5.37. The van der Waals surface area contributed by atoms with E-state index in [1.165, 1.54) is 24.3 Å². The van der Waals surface area contributed by atoms with E-state index in [9.17, 15) is 23.4 Å². The van der Waals surface area contributed by atoms with Crippen molar-refractivity contribution in [3.05, 3.63) is 24.3 Å². The van der Waals surface area contributed by atoms with Crippen LogP contribution in [0.4, 0.5) is 18.9 Å². The number of aliphatic hydroxyl groups is 2. The summed E-state index contributed by atoms with van der Waals surface area (Å²) in [5.74, 6) is -0.292. The van der Waals surface area contributed by atoms with E-state index in [0.29, 0.717) is 31.5 Å². The van der Waals surface area contributed by atoms with Crippen molar-refractivity contribution in [3.8, 4) is 5.75 Å². The lowest BCUT2D eigenvalue weighted by Gasteiger charge is -2.43. The molecule has 1 aliphatic heterocycles. The Morgan fingerprint density at radius 1 is 1.16 bits per heavy atom. The van der Waals surface area contributed by atoms with Gasteiger partial charge in [0, 0.05) is 24.8 Å². The number of hydrogen-bond donors (Lipinski definition) is 2. The number of anilines is 1. The van der Waals surface area contributed by atoms with Gasteiger partial charge in [0.25, 0.3) is 0 Å². The minimum Gasteiger partial charge on any atom is -0.406 e. The van der Waals surface area contributed by atoms with Crippen LogP contribution in [0.5, 0.6) is 5.75 Å². The fourth-order valence-corrected chi connectivity index (χ4v) is 4.00. The normalized spacial score (nSPS) is 33.0. The molecule has 2 N–H and O–H groups in total.